The molecule has 1 amide bonds. The van der Waals surface area contributed by atoms with Gasteiger partial charge in [-0.1, -0.05) is 43.3 Å². The van der Waals surface area contributed by atoms with Gasteiger partial charge in [-0.05, 0) is 42.7 Å². The van der Waals surface area contributed by atoms with Crippen molar-refractivity contribution in [2.45, 2.75) is 46.1 Å². The number of amides is 1. The van der Waals surface area contributed by atoms with Gasteiger partial charge in [-0.3, -0.25) is 4.79 Å². The molecule has 2 aliphatic carbocycles. The average molecular weight is 380 g/mol. The fraction of sp³-hybridized carbons (Fsp3) is 0.478. The van der Waals surface area contributed by atoms with Crippen LogP contribution in [-0.4, -0.2) is 22.5 Å². The maximum absolute atomic E-state index is 13.7. The summed E-state index contributed by atoms with van der Waals surface area (Å²) in [6, 6.07) is 6.36. The lowest BCUT2D eigenvalue weighted by Crippen LogP contribution is -2.46. The normalized spacial score (nSPS) is 27.9. The third kappa shape index (κ3) is 2.28. The Hall–Kier alpha value is -2.43. The zero-order valence-electron chi connectivity index (χ0n) is 16.4. The van der Waals surface area contributed by atoms with Crippen molar-refractivity contribution in [1.29, 1.82) is 0 Å². The zero-order valence-corrected chi connectivity index (χ0v) is 16.4. The molecule has 146 valence electrons. The second-order valence-corrected chi connectivity index (χ2v) is 9.14. The lowest BCUT2D eigenvalue weighted by atomic mass is 9.68. The molecular formula is C23H25FN2O2. The van der Waals surface area contributed by atoms with Crippen LogP contribution in [0.4, 0.5) is 4.39 Å². The first-order chi connectivity index (χ1) is 13.3. The SMILES string of the molecule is C=C1C(C)(C)[C@H]2CC[C@]1(C(=O)N1CCc3onc(-c4cccc(F)c4)c3C1)C2. The van der Waals surface area contributed by atoms with Crippen molar-refractivity contribution in [1.82, 2.24) is 10.1 Å². The number of aromatic nitrogens is 1. The van der Waals surface area contributed by atoms with E-state index in [4.69, 9.17) is 4.52 Å². The van der Waals surface area contributed by atoms with Crippen molar-refractivity contribution in [2.75, 3.05) is 6.54 Å². The van der Waals surface area contributed by atoms with Crippen molar-refractivity contribution >= 4 is 5.91 Å². The van der Waals surface area contributed by atoms with Crippen LogP contribution in [0.15, 0.2) is 40.9 Å². The molecule has 0 saturated heterocycles. The second kappa shape index (κ2) is 5.79. The molecule has 3 aliphatic rings. The Kier molecular flexibility index (Phi) is 3.65. The fourth-order valence-electron chi connectivity index (χ4n) is 5.67. The molecule has 2 saturated carbocycles. The van der Waals surface area contributed by atoms with Crippen molar-refractivity contribution in [3.8, 4) is 11.3 Å². The molecule has 2 bridgehead atoms. The molecular weight excluding hydrogens is 355 g/mol. The van der Waals surface area contributed by atoms with Gasteiger partial charge in [-0.15, -0.1) is 0 Å². The minimum atomic E-state index is -0.415. The van der Waals surface area contributed by atoms with Crippen LogP contribution in [0.25, 0.3) is 11.3 Å². The first-order valence-electron chi connectivity index (χ1n) is 10.1. The molecule has 0 radical (unpaired) electrons. The van der Waals surface area contributed by atoms with E-state index >= 15 is 0 Å². The highest BCUT2D eigenvalue weighted by atomic mass is 19.1. The van der Waals surface area contributed by atoms with E-state index in [-0.39, 0.29) is 17.1 Å². The minimum absolute atomic E-state index is 0.0266. The van der Waals surface area contributed by atoms with Crippen LogP contribution in [0.3, 0.4) is 0 Å². The van der Waals surface area contributed by atoms with Gasteiger partial charge in [0.05, 0.1) is 12.0 Å². The highest BCUT2D eigenvalue weighted by Crippen LogP contribution is 2.66. The predicted octanol–water partition coefficient (Wildman–Crippen LogP) is 4.75. The smallest absolute Gasteiger partial charge is 0.233 e. The van der Waals surface area contributed by atoms with E-state index in [0.29, 0.717) is 36.7 Å². The molecule has 1 aromatic carbocycles. The van der Waals surface area contributed by atoms with Crippen LogP contribution in [0, 0.1) is 22.6 Å². The number of carbonyl (C=O) groups is 1. The number of hydrogen-bond donors (Lipinski definition) is 0. The number of benzene rings is 1. The molecule has 2 aromatic rings. The quantitative estimate of drug-likeness (QED) is 0.707. The molecule has 2 atom stereocenters. The average Bonchev–Trinajstić information content (AvgIpc) is 3.35. The Morgan fingerprint density at radius 1 is 1.39 bits per heavy atom. The topological polar surface area (TPSA) is 46.3 Å². The summed E-state index contributed by atoms with van der Waals surface area (Å²) < 4.78 is 19.2. The van der Waals surface area contributed by atoms with Gasteiger partial charge in [0.1, 0.15) is 17.3 Å². The Morgan fingerprint density at radius 2 is 2.21 bits per heavy atom. The molecule has 0 N–H and O–H groups in total. The molecule has 0 spiro atoms. The van der Waals surface area contributed by atoms with Gasteiger partial charge in [0.2, 0.25) is 5.91 Å². The molecule has 1 aliphatic heterocycles. The summed E-state index contributed by atoms with van der Waals surface area (Å²) in [5, 5.41) is 4.19. The summed E-state index contributed by atoms with van der Waals surface area (Å²) in [6.07, 6.45) is 3.56. The summed E-state index contributed by atoms with van der Waals surface area (Å²) in [5.74, 6) is 1.24. The lowest BCUT2D eigenvalue weighted by Gasteiger charge is -2.40. The third-order valence-electron chi connectivity index (χ3n) is 7.51. The van der Waals surface area contributed by atoms with Gasteiger partial charge in [-0.2, -0.15) is 0 Å². The number of hydrogen-bond acceptors (Lipinski definition) is 3. The van der Waals surface area contributed by atoms with Crippen LogP contribution in [0.1, 0.15) is 44.4 Å². The van der Waals surface area contributed by atoms with Crippen LogP contribution >= 0.6 is 0 Å². The number of carbonyl (C=O) groups excluding carboxylic acids is 1. The first kappa shape index (κ1) is 17.7. The van der Waals surface area contributed by atoms with Gasteiger partial charge in [-0.25, -0.2) is 4.39 Å². The van der Waals surface area contributed by atoms with E-state index in [1.54, 1.807) is 6.07 Å². The maximum Gasteiger partial charge on any atom is 0.233 e. The molecule has 5 heteroatoms. The molecule has 2 heterocycles. The summed E-state index contributed by atoms with van der Waals surface area (Å²) in [4.78, 5) is 15.6. The van der Waals surface area contributed by atoms with Crippen LogP contribution < -0.4 is 0 Å². The van der Waals surface area contributed by atoms with Crippen molar-refractivity contribution < 1.29 is 13.7 Å². The van der Waals surface area contributed by atoms with Gasteiger partial charge >= 0.3 is 0 Å². The van der Waals surface area contributed by atoms with Gasteiger partial charge in [0.15, 0.2) is 0 Å². The van der Waals surface area contributed by atoms with Gasteiger partial charge < -0.3 is 9.42 Å². The molecule has 0 unspecified atom stereocenters. The van der Waals surface area contributed by atoms with E-state index < -0.39 is 5.41 Å². The molecule has 28 heavy (non-hydrogen) atoms. The van der Waals surface area contributed by atoms with Crippen molar-refractivity contribution in [3.63, 3.8) is 0 Å². The molecule has 1 aromatic heterocycles. The minimum Gasteiger partial charge on any atom is -0.360 e. The number of rotatable bonds is 2. The van der Waals surface area contributed by atoms with Crippen LogP contribution in [0.5, 0.6) is 0 Å². The highest BCUT2D eigenvalue weighted by molar-refractivity contribution is 5.88. The predicted molar refractivity (Wildman–Crippen MR) is 104 cm³/mol. The van der Waals surface area contributed by atoms with E-state index in [1.165, 1.54) is 12.1 Å². The monoisotopic (exact) mass is 380 g/mol. The van der Waals surface area contributed by atoms with E-state index in [1.807, 2.05) is 11.0 Å². The zero-order chi connectivity index (χ0) is 19.7. The molecule has 2 fully saturated rings. The largest absolute Gasteiger partial charge is 0.360 e. The number of fused-ring (bicyclic) bond motifs is 3. The molecule has 5 rings (SSSR count). The van der Waals surface area contributed by atoms with E-state index in [2.05, 4.69) is 25.6 Å². The second-order valence-electron chi connectivity index (χ2n) is 9.14. The lowest BCUT2D eigenvalue weighted by molar-refractivity contribution is -0.140. The van der Waals surface area contributed by atoms with E-state index in [9.17, 15) is 9.18 Å². The summed E-state index contributed by atoms with van der Waals surface area (Å²) >= 11 is 0. The maximum atomic E-state index is 13.7. The first-order valence-corrected chi connectivity index (χ1v) is 10.1. The van der Waals surface area contributed by atoms with Gasteiger partial charge in [0, 0.05) is 24.1 Å². The van der Waals surface area contributed by atoms with E-state index in [0.717, 1.165) is 36.2 Å². The Bertz CT molecular complexity index is 992. The third-order valence-corrected chi connectivity index (χ3v) is 7.51. The van der Waals surface area contributed by atoms with Crippen molar-refractivity contribution in [2.24, 2.45) is 16.7 Å². The number of nitrogens with zero attached hydrogens (tertiary/aromatic N) is 2. The number of halogens is 1. The Balaban J connectivity index is 1.46. The van der Waals surface area contributed by atoms with Crippen LogP contribution in [-0.2, 0) is 17.8 Å². The van der Waals surface area contributed by atoms with Crippen LogP contribution in [0.2, 0.25) is 0 Å². The fourth-order valence-corrected chi connectivity index (χ4v) is 5.67. The van der Waals surface area contributed by atoms with Gasteiger partial charge in [0.25, 0.3) is 0 Å². The Labute approximate surface area is 164 Å². The molecule has 4 nitrogen and oxygen atoms in total. The summed E-state index contributed by atoms with van der Waals surface area (Å²) in [6.45, 7) is 9.91. The standard InChI is InChI=1S/C23H25FN2O2/c1-14-22(2,3)16-7-9-23(14,12-16)21(27)26-10-8-19-18(13-26)20(25-28-19)15-5-4-6-17(24)11-15/h4-6,11,16H,1,7-10,12-13H2,2-3H3/t16-,23-/m0/s1. The Morgan fingerprint density at radius 3 is 2.93 bits per heavy atom. The summed E-state index contributed by atoms with van der Waals surface area (Å²) in [7, 11) is 0. The highest BCUT2D eigenvalue weighted by Gasteiger charge is 2.61. The van der Waals surface area contributed by atoms with Crippen molar-refractivity contribution in [3.05, 3.63) is 53.6 Å². The summed E-state index contributed by atoms with van der Waals surface area (Å²) in [5.41, 5.74) is 2.94.